The van der Waals surface area contributed by atoms with Crippen molar-refractivity contribution in [3.8, 4) is 0 Å². The Bertz CT molecular complexity index is 1060. The summed E-state index contributed by atoms with van der Waals surface area (Å²) in [7, 11) is 1.60. The lowest BCUT2D eigenvalue weighted by atomic mass is 9.86. The van der Waals surface area contributed by atoms with Gasteiger partial charge in [-0.05, 0) is 18.1 Å². The number of hydrogen-bond donors (Lipinski definition) is 0. The molecule has 0 bridgehead atoms. The second-order valence-electron chi connectivity index (χ2n) is 8.22. The van der Waals surface area contributed by atoms with Gasteiger partial charge in [0.25, 0.3) is 0 Å². The SMILES string of the molecule is COCCCN1C(=O)[C@H]2[C@H](C1=O)[C@H](C(=O)c1ccccc1)N1c3ccccc3C=C[C@H]21. The first-order valence-electron chi connectivity index (χ1n) is 10.6. The minimum atomic E-state index is -0.715. The standard InChI is InChI=1S/C25H24N2O4/c1-31-15-7-14-26-24(29)20-19-13-12-16-8-5-6-11-18(16)27(19)22(21(20)25(26)30)23(28)17-9-3-2-4-10-17/h2-6,8-13,19-22H,7,14-15H2,1H3/t19-,20-,21+,22-/m1/s1. The predicted molar refractivity (Wildman–Crippen MR) is 116 cm³/mol. The van der Waals surface area contributed by atoms with E-state index in [4.69, 9.17) is 4.74 Å². The van der Waals surface area contributed by atoms with Crippen molar-refractivity contribution in [1.29, 1.82) is 0 Å². The topological polar surface area (TPSA) is 66.9 Å². The highest BCUT2D eigenvalue weighted by atomic mass is 16.5. The molecule has 158 valence electrons. The second kappa shape index (κ2) is 7.78. The van der Waals surface area contributed by atoms with Crippen molar-refractivity contribution in [2.45, 2.75) is 18.5 Å². The van der Waals surface area contributed by atoms with Gasteiger partial charge in [0.05, 0.1) is 17.9 Å². The molecular weight excluding hydrogens is 392 g/mol. The summed E-state index contributed by atoms with van der Waals surface area (Å²) < 4.78 is 5.09. The van der Waals surface area contributed by atoms with Crippen molar-refractivity contribution in [2.24, 2.45) is 11.8 Å². The van der Waals surface area contributed by atoms with Crippen molar-refractivity contribution in [1.82, 2.24) is 4.90 Å². The van der Waals surface area contributed by atoms with E-state index in [0.717, 1.165) is 11.3 Å². The lowest BCUT2D eigenvalue weighted by molar-refractivity contribution is -0.140. The van der Waals surface area contributed by atoms with Crippen LogP contribution in [-0.4, -0.2) is 54.8 Å². The van der Waals surface area contributed by atoms with E-state index in [2.05, 4.69) is 0 Å². The van der Waals surface area contributed by atoms with E-state index in [1.807, 2.05) is 59.5 Å². The van der Waals surface area contributed by atoms with Crippen LogP contribution in [0, 0.1) is 11.8 Å². The van der Waals surface area contributed by atoms with Crippen LogP contribution in [0.15, 0.2) is 60.7 Å². The lowest BCUT2D eigenvalue weighted by Crippen LogP contribution is -2.48. The molecular formula is C25H24N2O4. The smallest absolute Gasteiger partial charge is 0.235 e. The van der Waals surface area contributed by atoms with Gasteiger partial charge in [0, 0.05) is 31.5 Å². The van der Waals surface area contributed by atoms with E-state index in [0.29, 0.717) is 25.1 Å². The highest BCUT2D eigenvalue weighted by molar-refractivity contribution is 6.14. The van der Waals surface area contributed by atoms with E-state index in [9.17, 15) is 14.4 Å². The molecule has 5 rings (SSSR count). The van der Waals surface area contributed by atoms with Crippen molar-refractivity contribution in [3.05, 3.63) is 71.8 Å². The molecule has 3 aliphatic heterocycles. The van der Waals surface area contributed by atoms with E-state index in [1.165, 1.54) is 4.90 Å². The Morgan fingerprint density at radius 3 is 2.45 bits per heavy atom. The number of likely N-dealkylation sites (tertiary alicyclic amines) is 1. The molecule has 2 fully saturated rings. The molecule has 3 heterocycles. The number of methoxy groups -OCH3 is 1. The Kier molecular flexibility index (Phi) is 4.94. The number of rotatable bonds is 6. The van der Waals surface area contributed by atoms with Crippen LogP contribution in [0.4, 0.5) is 5.69 Å². The molecule has 2 aromatic rings. The number of ketones is 1. The maximum Gasteiger partial charge on any atom is 0.235 e. The van der Waals surface area contributed by atoms with Crippen molar-refractivity contribution < 1.29 is 19.1 Å². The van der Waals surface area contributed by atoms with Gasteiger partial charge in [0.15, 0.2) is 5.78 Å². The molecule has 3 aliphatic rings. The summed E-state index contributed by atoms with van der Waals surface area (Å²) in [5, 5.41) is 0. The third-order valence-corrected chi connectivity index (χ3v) is 6.56. The maximum absolute atomic E-state index is 13.7. The van der Waals surface area contributed by atoms with Gasteiger partial charge in [0.1, 0.15) is 6.04 Å². The van der Waals surface area contributed by atoms with Gasteiger partial charge in [-0.25, -0.2) is 0 Å². The number of imide groups is 1. The molecule has 31 heavy (non-hydrogen) atoms. The first kappa shape index (κ1) is 19.7. The average molecular weight is 416 g/mol. The largest absolute Gasteiger partial charge is 0.385 e. The Morgan fingerprint density at radius 1 is 0.968 bits per heavy atom. The predicted octanol–water partition coefficient (Wildman–Crippen LogP) is 2.79. The molecule has 0 spiro atoms. The van der Waals surface area contributed by atoms with E-state index in [-0.39, 0.29) is 23.6 Å². The zero-order valence-corrected chi connectivity index (χ0v) is 17.3. The Hall–Kier alpha value is -3.25. The number of carbonyl (C=O) groups excluding carboxylic acids is 3. The summed E-state index contributed by atoms with van der Waals surface area (Å²) >= 11 is 0. The lowest BCUT2D eigenvalue weighted by Gasteiger charge is -2.36. The van der Waals surface area contributed by atoms with Gasteiger partial charge in [0.2, 0.25) is 11.8 Å². The average Bonchev–Trinajstić information content (AvgIpc) is 3.28. The summed E-state index contributed by atoms with van der Waals surface area (Å²) in [5.74, 6) is -1.81. The van der Waals surface area contributed by atoms with Crippen molar-refractivity contribution in [3.63, 3.8) is 0 Å². The molecule has 2 amide bonds. The molecule has 6 nitrogen and oxygen atoms in total. The number of benzene rings is 2. The second-order valence-corrected chi connectivity index (χ2v) is 8.22. The number of Topliss-reactive ketones (excluding diaryl/α,β-unsaturated/α-hetero) is 1. The fourth-order valence-corrected chi connectivity index (χ4v) is 5.24. The van der Waals surface area contributed by atoms with Crippen LogP contribution in [0.2, 0.25) is 0 Å². The summed E-state index contributed by atoms with van der Waals surface area (Å²) in [6, 6.07) is 15.8. The van der Waals surface area contributed by atoms with E-state index >= 15 is 0 Å². The van der Waals surface area contributed by atoms with Crippen LogP contribution < -0.4 is 4.90 Å². The first-order chi connectivity index (χ1) is 15.1. The van der Waals surface area contributed by atoms with Crippen LogP contribution in [0.3, 0.4) is 0 Å². The zero-order chi connectivity index (χ0) is 21.5. The Morgan fingerprint density at radius 2 is 1.68 bits per heavy atom. The van der Waals surface area contributed by atoms with Crippen LogP contribution in [0.5, 0.6) is 0 Å². The number of ether oxygens (including phenoxy) is 1. The minimum Gasteiger partial charge on any atom is -0.385 e. The van der Waals surface area contributed by atoms with Crippen molar-refractivity contribution in [2.75, 3.05) is 25.2 Å². The van der Waals surface area contributed by atoms with Crippen LogP contribution in [0.25, 0.3) is 6.08 Å². The Labute approximate surface area is 181 Å². The number of hydrogen-bond acceptors (Lipinski definition) is 5. The molecule has 0 saturated carbocycles. The summed E-state index contributed by atoms with van der Waals surface area (Å²) in [4.78, 5) is 43.9. The minimum absolute atomic E-state index is 0.122. The monoisotopic (exact) mass is 416 g/mol. The highest BCUT2D eigenvalue weighted by Crippen LogP contribution is 2.48. The van der Waals surface area contributed by atoms with Gasteiger partial charge >= 0.3 is 0 Å². The quantitative estimate of drug-likeness (QED) is 0.412. The third kappa shape index (κ3) is 3.01. The molecule has 2 saturated heterocycles. The van der Waals surface area contributed by atoms with Crippen molar-refractivity contribution >= 4 is 29.4 Å². The fourth-order valence-electron chi connectivity index (χ4n) is 5.24. The first-order valence-corrected chi connectivity index (χ1v) is 10.6. The van der Waals surface area contributed by atoms with Gasteiger partial charge in [-0.15, -0.1) is 0 Å². The summed E-state index contributed by atoms with van der Waals surface area (Å²) in [5.41, 5.74) is 2.43. The molecule has 2 aromatic carbocycles. The van der Waals surface area contributed by atoms with Gasteiger partial charge in [-0.3, -0.25) is 19.3 Å². The molecule has 4 atom stereocenters. The third-order valence-electron chi connectivity index (χ3n) is 6.56. The number of fused-ring (bicyclic) bond motifs is 5. The number of anilines is 1. The number of para-hydroxylation sites is 1. The van der Waals surface area contributed by atoms with Gasteiger partial charge in [-0.2, -0.15) is 0 Å². The van der Waals surface area contributed by atoms with Gasteiger partial charge in [-0.1, -0.05) is 60.7 Å². The van der Waals surface area contributed by atoms with E-state index in [1.54, 1.807) is 19.2 Å². The van der Waals surface area contributed by atoms with Gasteiger partial charge < -0.3 is 9.64 Å². The maximum atomic E-state index is 13.7. The zero-order valence-electron chi connectivity index (χ0n) is 17.3. The highest BCUT2D eigenvalue weighted by Gasteiger charge is 2.63. The molecule has 0 unspecified atom stereocenters. The number of nitrogens with zero attached hydrogens (tertiary/aromatic N) is 2. The summed E-state index contributed by atoms with van der Waals surface area (Å²) in [6.07, 6.45) is 4.55. The summed E-state index contributed by atoms with van der Waals surface area (Å²) in [6.45, 7) is 0.791. The Balaban J connectivity index is 1.58. The van der Waals surface area contributed by atoms with E-state index < -0.39 is 17.9 Å². The molecule has 0 aromatic heterocycles. The normalized spacial score (nSPS) is 26.1. The molecule has 6 heteroatoms. The number of amides is 2. The molecule has 0 N–H and O–H groups in total. The van der Waals surface area contributed by atoms with Crippen LogP contribution in [0.1, 0.15) is 22.3 Å². The fraction of sp³-hybridized carbons (Fsp3) is 0.320. The molecule has 0 aliphatic carbocycles. The molecule has 0 radical (unpaired) electrons. The van der Waals surface area contributed by atoms with Crippen LogP contribution in [-0.2, 0) is 14.3 Å². The number of carbonyl (C=O) groups is 3. The van der Waals surface area contributed by atoms with Crippen LogP contribution >= 0.6 is 0 Å².